The van der Waals surface area contributed by atoms with E-state index in [0.717, 1.165) is 32.3 Å². The number of carboxylic acids is 1. The molecule has 0 fully saturated rings. The molecule has 4 heteroatoms. The summed E-state index contributed by atoms with van der Waals surface area (Å²) >= 11 is 0. The molecule has 1 unspecified atom stereocenters. The molecular formula is C13H28O3Si. The van der Waals surface area contributed by atoms with Crippen molar-refractivity contribution in [1.82, 2.24) is 0 Å². The number of carbonyl (C=O) groups is 1. The Kier molecular flexibility index (Phi) is 7.71. The third-order valence-corrected chi connectivity index (χ3v) is 3.64. The highest BCUT2D eigenvalue weighted by atomic mass is 28.3. The van der Waals surface area contributed by atoms with Crippen LogP contribution < -0.4 is 0 Å². The number of hydrogen-bond donors (Lipinski definition) is 1. The van der Waals surface area contributed by atoms with E-state index in [1.807, 2.05) is 0 Å². The largest absolute Gasteiger partial charge is 0.481 e. The van der Waals surface area contributed by atoms with Crippen LogP contribution >= 0.6 is 0 Å². The molecule has 3 nitrogen and oxygen atoms in total. The van der Waals surface area contributed by atoms with Crippen LogP contribution in [0.25, 0.3) is 0 Å². The van der Waals surface area contributed by atoms with Gasteiger partial charge in [-0.05, 0) is 44.2 Å². The van der Waals surface area contributed by atoms with Crippen molar-refractivity contribution in [2.75, 3.05) is 6.61 Å². The zero-order valence-corrected chi connectivity index (χ0v) is 13.1. The molecule has 0 aliphatic heterocycles. The van der Waals surface area contributed by atoms with E-state index in [0.29, 0.717) is 0 Å². The van der Waals surface area contributed by atoms with E-state index < -0.39 is 15.0 Å². The van der Waals surface area contributed by atoms with Crippen molar-refractivity contribution in [1.29, 1.82) is 0 Å². The zero-order valence-electron chi connectivity index (χ0n) is 12.0. The van der Waals surface area contributed by atoms with Crippen LogP contribution in [0.3, 0.4) is 0 Å². The number of hydrogen-bond acceptors (Lipinski definition) is 2. The summed E-state index contributed by atoms with van der Waals surface area (Å²) in [6.07, 6.45) is 3.35. The summed E-state index contributed by atoms with van der Waals surface area (Å²) in [6.45, 7) is 11.4. The second-order valence-electron chi connectivity index (χ2n) is 6.20. The van der Waals surface area contributed by atoms with Gasteiger partial charge in [-0.15, -0.1) is 0 Å². The van der Waals surface area contributed by atoms with Gasteiger partial charge in [0.05, 0.1) is 5.92 Å². The van der Waals surface area contributed by atoms with Gasteiger partial charge in [0.25, 0.3) is 0 Å². The minimum Gasteiger partial charge on any atom is -0.481 e. The van der Waals surface area contributed by atoms with Crippen molar-refractivity contribution in [2.24, 2.45) is 11.3 Å². The minimum absolute atomic E-state index is 0.202. The Bertz CT molecular complexity index is 221. The fourth-order valence-corrected chi connectivity index (χ4v) is 2.29. The first-order valence-electron chi connectivity index (χ1n) is 6.57. The number of carboxylic acid groups (broad SMARTS) is 1. The Morgan fingerprint density at radius 2 is 1.88 bits per heavy atom. The van der Waals surface area contributed by atoms with Crippen LogP contribution in [0.1, 0.15) is 46.5 Å². The SMILES string of the molecule is C[SiH](C)OCCCC(CCC(C)(C)C)C(=O)O. The first kappa shape index (κ1) is 16.6. The van der Waals surface area contributed by atoms with Gasteiger partial charge < -0.3 is 9.53 Å². The number of rotatable bonds is 8. The van der Waals surface area contributed by atoms with Crippen molar-refractivity contribution in [3.8, 4) is 0 Å². The molecule has 0 aromatic heterocycles. The molecule has 102 valence electrons. The van der Waals surface area contributed by atoms with Crippen LogP contribution in [0.4, 0.5) is 0 Å². The van der Waals surface area contributed by atoms with Crippen LogP contribution in [-0.2, 0) is 9.22 Å². The molecule has 1 atom stereocenters. The maximum Gasteiger partial charge on any atom is 0.306 e. The molecule has 0 rings (SSSR count). The van der Waals surface area contributed by atoms with E-state index in [9.17, 15) is 4.79 Å². The highest BCUT2D eigenvalue weighted by molar-refractivity contribution is 6.48. The first-order valence-corrected chi connectivity index (χ1v) is 9.35. The molecule has 0 aliphatic rings. The summed E-state index contributed by atoms with van der Waals surface area (Å²) in [5.74, 6) is -0.859. The van der Waals surface area contributed by atoms with Crippen LogP contribution in [0.15, 0.2) is 0 Å². The Morgan fingerprint density at radius 1 is 1.29 bits per heavy atom. The quantitative estimate of drug-likeness (QED) is 0.538. The van der Waals surface area contributed by atoms with E-state index in [1.54, 1.807) is 0 Å². The monoisotopic (exact) mass is 260 g/mol. The molecule has 0 amide bonds. The third-order valence-electron chi connectivity index (χ3n) is 2.74. The lowest BCUT2D eigenvalue weighted by Gasteiger charge is -2.21. The summed E-state index contributed by atoms with van der Waals surface area (Å²) in [7, 11) is -0.949. The van der Waals surface area contributed by atoms with Gasteiger partial charge in [-0.25, -0.2) is 0 Å². The fourth-order valence-electron chi connectivity index (χ4n) is 1.65. The topological polar surface area (TPSA) is 46.5 Å². The van der Waals surface area contributed by atoms with E-state index in [-0.39, 0.29) is 11.3 Å². The summed E-state index contributed by atoms with van der Waals surface area (Å²) < 4.78 is 5.56. The van der Waals surface area contributed by atoms with E-state index in [4.69, 9.17) is 9.53 Å². The Balaban J connectivity index is 3.88. The van der Waals surface area contributed by atoms with Crippen molar-refractivity contribution >= 4 is 15.0 Å². The standard InChI is InChI=1S/C13H28O3Si/c1-13(2,3)9-8-11(12(14)15)7-6-10-16-17(4)5/h11,17H,6-10H2,1-5H3,(H,14,15). The first-order chi connectivity index (χ1) is 7.72. The van der Waals surface area contributed by atoms with Gasteiger partial charge in [-0.3, -0.25) is 4.79 Å². The minimum atomic E-state index is -0.949. The van der Waals surface area contributed by atoms with Crippen molar-refractivity contribution in [3.63, 3.8) is 0 Å². The van der Waals surface area contributed by atoms with Crippen LogP contribution in [0, 0.1) is 11.3 Å². The zero-order chi connectivity index (χ0) is 13.5. The molecule has 0 radical (unpaired) electrons. The van der Waals surface area contributed by atoms with Crippen LogP contribution in [-0.4, -0.2) is 26.7 Å². The smallest absolute Gasteiger partial charge is 0.306 e. The van der Waals surface area contributed by atoms with Gasteiger partial charge in [0.15, 0.2) is 9.04 Å². The highest BCUT2D eigenvalue weighted by Crippen LogP contribution is 2.25. The van der Waals surface area contributed by atoms with Crippen LogP contribution in [0.2, 0.25) is 13.1 Å². The summed E-state index contributed by atoms with van der Waals surface area (Å²) in [5.41, 5.74) is 0.217. The Morgan fingerprint density at radius 3 is 2.29 bits per heavy atom. The predicted molar refractivity (Wildman–Crippen MR) is 73.9 cm³/mol. The Labute approximate surface area is 107 Å². The van der Waals surface area contributed by atoms with Gasteiger partial charge in [0.1, 0.15) is 0 Å². The lowest BCUT2D eigenvalue weighted by molar-refractivity contribution is -0.142. The van der Waals surface area contributed by atoms with E-state index in [2.05, 4.69) is 33.9 Å². The van der Waals surface area contributed by atoms with Gasteiger partial charge in [-0.1, -0.05) is 20.8 Å². The normalized spacial score (nSPS) is 14.0. The van der Waals surface area contributed by atoms with Gasteiger partial charge >= 0.3 is 5.97 Å². The lowest BCUT2D eigenvalue weighted by Crippen LogP contribution is -2.18. The van der Waals surface area contributed by atoms with E-state index in [1.165, 1.54) is 0 Å². The molecule has 0 saturated heterocycles. The average molecular weight is 260 g/mol. The van der Waals surface area contributed by atoms with Crippen molar-refractivity contribution in [2.45, 2.75) is 59.5 Å². The van der Waals surface area contributed by atoms with Crippen LogP contribution in [0.5, 0.6) is 0 Å². The third kappa shape index (κ3) is 10.5. The molecule has 0 saturated carbocycles. The molecule has 1 N–H and O–H groups in total. The Hall–Kier alpha value is -0.353. The predicted octanol–water partition coefficient (Wildman–Crippen LogP) is 3.29. The molecule has 0 bridgehead atoms. The maximum absolute atomic E-state index is 11.1. The molecule has 17 heavy (non-hydrogen) atoms. The summed E-state index contributed by atoms with van der Waals surface area (Å²) in [4.78, 5) is 11.1. The number of aliphatic carboxylic acids is 1. The summed E-state index contributed by atoms with van der Waals surface area (Å²) in [5, 5.41) is 9.15. The maximum atomic E-state index is 11.1. The van der Waals surface area contributed by atoms with Crippen molar-refractivity contribution in [3.05, 3.63) is 0 Å². The van der Waals surface area contributed by atoms with E-state index >= 15 is 0 Å². The highest BCUT2D eigenvalue weighted by Gasteiger charge is 2.20. The molecule has 0 aromatic carbocycles. The molecular weight excluding hydrogens is 232 g/mol. The van der Waals surface area contributed by atoms with Gasteiger partial charge in [-0.2, -0.15) is 0 Å². The molecule has 0 spiro atoms. The summed E-state index contributed by atoms with van der Waals surface area (Å²) in [6, 6.07) is 0. The lowest BCUT2D eigenvalue weighted by atomic mass is 9.85. The van der Waals surface area contributed by atoms with Crippen molar-refractivity contribution < 1.29 is 14.3 Å². The average Bonchev–Trinajstić information content (AvgIpc) is 2.13. The second-order valence-corrected chi connectivity index (χ2v) is 8.63. The fraction of sp³-hybridized carbons (Fsp3) is 0.923. The molecule has 0 aromatic rings. The molecule has 0 aliphatic carbocycles. The van der Waals surface area contributed by atoms with Gasteiger partial charge in [0, 0.05) is 6.61 Å². The molecule has 0 heterocycles. The van der Waals surface area contributed by atoms with Gasteiger partial charge in [0.2, 0.25) is 0 Å². The second kappa shape index (κ2) is 7.87.